The van der Waals surface area contributed by atoms with Gasteiger partial charge in [0.15, 0.2) is 0 Å². The lowest BCUT2D eigenvalue weighted by molar-refractivity contribution is 0.0952. The predicted octanol–water partition coefficient (Wildman–Crippen LogP) is 1.85. The third-order valence-electron chi connectivity index (χ3n) is 3.08. The van der Waals surface area contributed by atoms with Crippen molar-refractivity contribution in [2.45, 2.75) is 6.54 Å². The number of anilines is 1. The van der Waals surface area contributed by atoms with E-state index in [1.165, 1.54) is 0 Å². The topological polar surface area (TPSA) is 72.4 Å². The van der Waals surface area contributed by atoms with E-state index in [-0.39, 0.29) is 5.91 Å². The van der Waals surface area contributed by atoms with E-state index < -0.39 is 0 Å². The highest BCUT2D eigenvalue weighted by Gasteiger charge is 2.11. The molecule has 0 saturated carbocycles. The lowest BCUT2D eigenvalue weighted by Crippen LogP contribution is -2.22. The number of benzene rings is 1. The third-order valence-corrected chi connectivity index (χ3v) is 3.08. The number of carbonyl (C=O) groups excluding carboxylic acids is 1. The van der Waals surface area contributed by atoms with Gasteiger partial charge in [-0.25, -0.2) is 4.52 Å². The Labute approximate surface area is 116 Å². The molecule has 0 aliphatic rings. The molecule has 0 spiro atoms. The molecule has 1 aromatic carbocycles. The van der Waals surface area contributed by atoms with E-state index in [9.17, 15) is 4.79 Å². The van der Waals surface area contributed by atoms with E-state index in [4.69, 9.17) is 5.73 Å². The van der Waals surface area contributed by atoms with E-state index in [1.54, 1.807) is 10.7 Å². The highest BCUT2D eigenvalue weighted by Crippen LogP contribution is 2.11. The Morgan fingerprint density at radius 2 is 2.15 bits per heavy atom. The highest BCUT2D eigenvalue weighted by atomic mass is 16.1. The Morgan fingerprint density at radius 1 is 1.25 bits per heavy atom. The maximum atomic E-state index is 12.2. The molecule has 1 amide bonds. The zero-order chi connectivity index (χ0) is 13.9. The summed E-state index contributed by atoms with van der Waals surface area (Å²) in [7, 11) is 0. The first-order chi connectivity index (χ1) is 9.74. The second-order valence-electron chi connectivity index (χ2n) is 4.52. The SMILES string of the molecule is Nc1cccc(CNC(=O)c2cnn3ccccc23)c1. The molecule has 20 heavy (non-hydrogen) atoms. The molecule has 5 heteroatoms. The van der Waals surface area contributed by atoms with Crippen molar-refractivity contribution in [1.29, 1.82) is 0 Å². The van der Waals surface area contributed by atoms with Crippen LogP contribution in [0, 0.1) is 0 Å². The standard InChI is InChI=1S/C15H14N4O/c16-12-5-3-4-11(8-12)9-17-15(20)13-10-18-19-7-2-1-6-14(13)19/h1-8,10H,9,16H2,(H,17,20). The molecule has 3 aromatic rings. The predicted molar refractivity (Wildman–Crippen MR) is 77.2 cm³/mol. The number of rotatable bonds is 3. The fourth-order valence-corrected chi connectivity index (χ4v) is 2.09. The smallest absolute Gasteiger partial charge is 0.255 e. The number of nitrogens with two attached hydrogens (primary N) is 1. The molecule has 0 atom stereocenters. The van der Waals surface area contributed by atoms with Gasteiger partial charge in [-0.1, -0.05) is 18.2 Å². The van der Waals surface area contributed by atoms with Crippen molar-refractivity contribution in [2.24, 2.45) is 0 Å². The first-order valence-corrected chi connectivity index (χ1v) is 6.29. The minimum atomic E-state index is -0.145. The van der Waals surface area contributed by atoms with Crippen LogP contribution in [-0.2, 0) is 6.54 Å². The Hall–Kier alpha value is -2.82. The van der Waals surface area contributed by atoms with Crippen LogP contribution in [0.5, 0.6) is 0 Å². The Balaban J connectivity index is 1.76. The Morgan fingerprint density at radius 3 is 3.00 bits per heavy atom. The molecule has 2 aromatic heterocycles. The summed E-state index contributed by atoms with van der Waals surface area (Å²) < 4.78 is 1.68. The van der Waals surface area contributed by atoms with Crippen LogP contribution in [-0.4, -0.2) is 15.5 Å². The maximum absolute atomic E-state index is 12.2. The van der Waals surface area contributed by atoms with Crippen LogP contribution in [0.25, 0.3) is 5.52 Å². The lowest BCUT2D eigenvalue weighted by atomic mass is 10.2. The number of fused-ring (bicyclic) bond motifs is 1. The van der Waals surface area contributed by atoms with Crippen molar-refractivity contribution in [1.82, 2.24) is 14.9 Å². The van der Waals surface area contributed by atoms with Gasteiger partial charge in [0.2, 0.25) is 0 Å². The minimum Gasteiger partial charge on any atom is -0.399 e. The zero-order valence-corrected chi connectivity index (χ0v) is 10.8. The summed E-state index contributed by atoms with van der Waals surface area (Å²) in [5.41, 5.74) is 8.72. The van der Waals surface area contributed by atoms with E-state index in [0.717, 1.165) is 11.1 Å². The van der Waals surface area contributed by atoms with Gasteiger partial charge in [0.25, 0.3) is 5.91 Å². The fraction of sp³-hybridized carbons (Fsp3) is 0.0667. The Kier molecular flexibility index (Phi) is 3.09. The number of nitrogens with zero attached hydrogens (tertiary/aromatic N) is 2. The first kappa shape index (κ1) is 12.2. The van der Waals surface area contributed by atoms with Crippen molar-refractivity contribution in [2.75, 3.05) is 5.73 Å². The fourth-order valence-electron chi connectivity index (χ4n) is 2.09. The molecular weight excluding hydrogens is 252 g/mol. The number of nitrogen functional groups attached to an aromatic ring is 1. The van der Waals surface area contributed by atoms with Crippen LogP contribution >= 0.6 is 0 Å². The minimum absolute atomic E-state index is 0.145. The van der Waals surface area contributed by atoms with Crippen LogP contribution in [0.1, 0.15) is 15.9 Å². The van der Waals surface area contributed by atoms with Crippen LogP contribution in [0.4, 0.5) is 5.69 Å². The summed E-state index contributed by atoms with van der Waals surface area (Å²) in [6.45, 7) is 0.439. The van der Waals surface area contributed by atoms with Gasteiger partial charge in [0, 0.05) is 18.4 Å². The van der Waals surface area contributed by atoms with Crippen LogP contribution < -0.4 is 11.1 Å². The Bertz CT molecular complexity index is 763. The first-order valence-electron chi connectivity index (χ1n) is 6.29. The third kappa shape index (κ3) is 2.33. The van der Waals surface area contributed by atoms with Crippen molar-refractivity contribution >= 4 is 17.1 Å². The molecule has 0 radical (unpaired) electrons. The molecule has 0 aliphatic carbocycles. The van der Waals surface area contributed by atoms with E-state index in [0.29, 0.717) is 17.8 Å². The van der Waals surface area contributed by atoms with E-state index in [2.05, 4.69) is 10.4 Å². The summed E-state index contributed by atoms with van der Waals surface area (Å²) in [6.07, 6.45) is 3.38. The number of hydrogen-bond donors (Lipinski definition) is 2. The average molecular weight is 266 g/mol. The second-order valence-corrected chi connectivity index (χ2v) is 4.52. The molecule has 0 unspecified atom stereocenters. The molecule has 3 N–H and O–H groups in total. The highest BCUT2D eigenvalue weighted by molar-refractivity contribution is 6.00. The summed E-state index contributed by atoms with van der Waals surface area (Å²) in [4.78, 5) is 12.2. The number of carbonyl (C=O) groups is 1. The molecule has 2 heterocycles. The van der Waals surface area contributed by atoms with Crippen LogP contribution in [0.2, 0.25) is 0 Å². The van der Waals surface area contributed by atoms with Gasteiger partial charge in [-0.05, 0) is 29.8 Å². The molecule has 5 nitrogen and oxygen atoms in total. The monoisotopic (exact) mass is 266 g/mol. The molecule has 0 bridgehead atoms. The van der Waals surface area contributed by atoms with Gasteiger partial charge in [-0.2, -0.15) is 5.10 Å². The lowest BCUT2D eigenvalue weighted by Gasteiger charge is -2.05. The van der Waals surface area contributed by atoms with Gasteiger partial charge in [-0.15, -0.1) is 0 Å². The molecule has 0 aliphatic heterocycles. The van der Waals surface area contributed by atoms with Crippen molar-refractivity contribution in [3.63, 3.8) is 0 Å². The molecule has 0 saturated heterocycles. The molecular formula is C15H14N4O. The largest absolute Gasteiger partial charge is 0.399 e. The summed E-state index contributed by atoms with van der Waals surface area (Å²) in [5, 5.41) is 7.02. The molecule has 100 valence electrons. The summed E-state index contributed by atoms with van der Waals surface area (Å²) >= 11 is 0. The number of pyridine rings is 1. The number of aromatic nitrogens is 2. The number of nitrogens with one attached hydrogen (secondary N) is 1. The van der Waals surface area contributed by atoms with Gasteiger partial charge >= 0.3 is 0 Å². The second kappa shape index (κ2) is 5.05. The average Bonchev–Trinajstić information content (AvgIpc) is 2.89. The molecule has 3 rings (SSSR count). The normalized spacial score (nSPS) is 10.6. The van der Waals surface area contributed by atoms with Crippen LogP contribution in [0.3, 0.4) is 0 Å². The van der Waals surface area contributed by atoms with Gasteiger partial charge < -0.3 is 11.1 Å². The summed E-state index contributed by atoms with van der Waals surface area (Å²) in [5.74, 6) is -0.145. The quantitative estimate of drug-likeness (QED) is 0.710. The van der Waals surface area contributed by atoms with Crippen molar-refractivity contribution < 1.29 is 4.79 Å². The van der Waals surface area contributed by atoms with Gasteiger partial charge in [0.1, 0.15) is 0 Å². The van der Waals surface area contributed by atoms with E-state index >= 15 is 0 Å². The zero-order valence-electron chi connectivity index (χ0n) is 10.8. The van der Waals surface area contributed by atoms with E-state index in [1.807, 2.05) is 48.7 Å². The maximum Gasteiger partial charge on any atom is 0.255 e. The number of amides is 1. The van der Waals surface area contributed by atoms with Crippen molar-refractivity contribution in [3.05, 3.63) is 66.0 Å². The number of hydrogen-bond acceptors (Lipinski definition) is 3. The molecule has 0 fully saturated rings. The van der Waals surface area contributed by atoms with Crippen LogP contribution in [0.15, 0.2) is 54.9 Å². The summed E-state index contributed by atoms with van der Waals surface area (Å²) in [6, 6.07) is 13.1. The van der Waals surface area contributed by atoms with Gasteiger partial charge in [0.05, 0.1) is 17.3 Å². The van der Waals surface area contributed by atoms with Gasteiger partial charge in [-0.3, -0.25) is 4.79 Å². The van der Waals surface area contributed by atoms with Crippen molar-refractivity contribution in [3.8, 4) is 0 Å².